The van der Waals surface area contributed by atoms with Crippen molar-refractivity contribution in [1.82, 2.24) is 15.0 Å². The standard InChI is InChI=1S/C23H20ClN3O2S/c1-14-19(11-16-7-4-3-5-8-16)21(28)27-23(25-14)30-13-20-15(2)29-22(26-20)17-9-6-10-18(24)12-17/h3-10,12H,11,13H2,1-2H3,(H,25,27,28). The first-order chi connectivity index (χ1) is 14.5. The quantitative estimate of drug-likeness (QED) is 0.315. The summed E-state index contributed by atoms with van der Waals surface area (Å²) in [7, 11) is 0. The van der Waals surface area contributed by atoms with E-state index in [4.69, 9.17) is 16.0 Å². The highest BCUT2D eigenvalue weighted by molar-refractivity contribution is 7.98. The molecule has 30 heavy (non-hydrogen) atoms. The maximum atomic E-state index is 12.6. The van der Waals surface area contributed by atoms with Crippen LogP contribution in [0.1, 0.15) is 28.3 Å². The first kappa shape index (κ1) is 20.4. The molecule has 0 saturated heterocycles. The van der Waals surface area contributed by atoms with Crippen LogP contribution in [0.25, 0.3) is 11.5 Å². The molecule has 0 aliphatic heterocycles. The number of oxazole rings is 1. The molecule has 5 nitrogen and oxygen atoms in total. The van der Waals surface area contributed by atoms with Crippen molar-refractivity contribution in [2.45, 2.75) is 31.2 Å². The first-order valence-corrected chi connectivity index (χ1v) is 10.8. The third-order valence-corrected chi connectivity index (χ3v) is 5.85. The summed E-state index contributed by atoms with van der Waals surface area (Å²) < 4.78 is 5.80. The van der Waals surface area contributed by atoms with Gasteiger partial charge in [-0.2, -0.15) is 0 Å². The van der Waals surface area contributed by atoms with Crippen LogP contribution in [0.15, 0.2) is 69.0 Å². The Morgan fingerprint density at radius 1 is 1.07 bits per heavy atom. The molecule has 4 aromatic rings. The van der Waals surface area contributed by atoms with E-state index in [2.05, 4.69) is 15.0 Å². The summed E-state index contributed by atoms with van der Waals surface area (Å²) >= 11 is 7.49. The Morgan fingerprint density at radius 3 is 2.60 bits per heavy atom. The lowest BCUT2D eigenvalue weighted by Gasteiger charge is -2.07. The average molecular weight is 438 g/mol. The van der Waals surface area contributed by atoms with E-state index >= 15 is 0 Å². The predicted molar refractivity (Wildman–Crippen MR) is 120 cm³/mol. The van der Waals surface area contributed by atoms with Gasteiger partial charge in [0.15, 0.2) is 5.16 Å². The maximum Gasteiger partial charge on any atom is 0.255 e. The molecule has 1 N–H and O–H groups in total. The summed E-state index contributed by atoms with van der Waals surface area (Å²) in [5, 5.41) is 1.20. The minimum absolute atomic E-state index is 0.106. The van der Waals surface area contributed by atoms with Crippen LogP contribution in [0.4, 0.5) is 0 Å². The minimum Gasteiger partial charge on any atom is -0.441 e. The molecule has 0 amide bonds. The zero-order chi connectivity index (χ0) is 21.1. The summed E-state index contributed by atoms with van der Waals surface area (Å²) in [6.45, 7) is 3.75. The van der Waals surface area contributed by atoms with Crippen molar-refractivity contribution in [1.29, 1.82) is 0 Å². The van der Waals surface area contributed by atoms with Crippen LogP contribution in [-0.4, -0.2) is 15.0 Å². The van der Waals surface area contributed by atoms with Crippen molar-refractivity contribution < 1.29 is 4.42 Å². The molecule has 0 fully saturated rings. The number of benzene rings is 2. The molecule has 0 saturated carbocycles. The van der Waals surface area contributed by atoms with Gasteiger partial charge in [0.2, 0.25) is 5.89 Å². The van der Waals surface area contributed by atoms with E-state index in [0.29, 0.717) is 33.8 Å². The van der Waals surface area contributed by atoms with Crippen molar-refractivity contribution in [3.8, 4) is 11.5 Å². The van der Waals surface area contributed by atoms with E-state index in [1.54, 1.807) is 0 Å². The minimum atomic E-state index is -0.106. The maximum absolute atomic E-state index is 12.6. The van der Waals surface area contributed by atoms with Crippen LogP contribution in [0, 0.1) is 13.8 Å². The Morgan fingerprint density at radius 2 is 1.87 bits per heavy atom. The van der Waals surface area contributed by atoms with Gasteiger partial charge in [-0.3, -0.25) is 4.79 Å². The second-order valence-electron chi connectivity index (χ2n) is 6.92. The van der Waals surface area contributed by atoms with Gasteiger partial charge < -0.3 is 9.40 Å². The molecule has 2 aromatic carbocycles. The molecule has 7 heteroatoms. The number of halogens is 1. The van der Waals surface area contributed by atoms with Crippen LogP contribution in [0.2, 0.25) is 5.02 Å². The molecule has 152 valence electrons. The van der Waals surface area contributed by atoms with Crippen LogP contribution in [0.5, 0.6) is 0 Å². The molecule has 0 atom stereocenters. The highest BCUT2D eigenvalue weighted by atomic mass is 35.5. The molecular formula is C23H20ClN3O2S. The largest absolute Gasteiger partial charge is 0.441 e. The van der Waals surface area contributed by atoms with Crippen LogP contribution >= 0.6 is 23.4 Å². The van der Waals surface area contributed by atoms with E-state index in [-0.39, 0.29) is 5.56 Å². The third kappa shape index (κ3) is 4.66. The fourth-order valence-corrected chi connectivity index (χ4v) is 4.20. The number of thioether (sulfide) groups is 1. The van der Waals surface area contributed by atoms with Crippen LogP contribution in [-0.2, 0) is 12.2 Å². The van der Waals surface area contributed by atoms with E-state index in [1.165, 1.54) is 11.8 Å². The van der Waals surface area contributed by atoms with Gasteiger partial charge in [0, 0.05) is 34.0 Å². The number of aromatic nitrogens is 3. The third-order valence-electron chi connectivity index (χ3n) is 4.73. The fourth-order valence-electron chi connectivity index (χ4n) is 3.10. The Kier molecular flexibility index (Phi) is 6.06. The van der Waals surface area contributed by atoms with Crippen molar-refractivity contribution >= 4 is 23.4 Å². The van der Waals surface area contributed by atoms with Crippen molar-refractivity contribution in [3.05, 3.63) is 98.2 Å². The molecular weight excluding hydrogens is 418 g/mol. The van der Waals surface area contributed by atoms with Gasteiger partial charge in [0.25, 0.3) is 5.56 Å². The second-order valence-corrected chi connectivity index (χ2v) is 8.32. The number of rotatable bonds is 6. The van der Waals surface area contributed by atoms with Gasteiger partial charge in [-0.15, -0.1) is 0 Å². The van der Waals surface area contributed by atoms with E-state index < -0.39 is 0 Å². The zero-order valence-corrected chi connectivity index (χ0v) is 18.2. The number of aryl methyl sites for hydroxylation is 2. The molecule has 0 spiro atoms. The number of nitrogens with zero attached hydrogens (tertiary/aromatic N) is 2. The molecule has 4 rings (SSSR count). The van der Waals surface area contributed by atoms with Gasteiger partial charge in [-0.1, -0.05) is 59.8 Å². The van der Waals surface area contributed by atoms with E-state index in [1.807, 2.05) is 68.4 Å². The molecule has 2 aromatic heterocycles. The molecule has 2 heterocycles. The van der Waals surface area contributed by atoms with Gasteiger partial charge >= 0.3 is 0 Å². The Labute approximate surface area is 183 Å². The highest BCUT2D eigenvalue weighted by Gasteiger charge is 2.14. The molecule has 0 aliphatic carbocycles. The smallest absolute Gasteiger partial charge is 0.255 e. The summed E-state index contributed by atoms with van der Waals surface area (Å²) in [6.07, 6.45) is 0.561. The van der Waals surface area contributed by atoms with E-state index in [9.17, 15) is 4.79 Å². The lowest BCUT2D eigenvalue weighted by atomic mass is 10.1. The van der Waals surface area contributed by atoms with Gasteiger partial charge in [0.05, 0.1) is 5.69 Å². The SMILES string of the molecule is Cc1nc(SCc2nc(-c3cccc(Cl)c3)oc2C)[nH]c(=O)c1Cc1ccccc1. The summed E-state index contributed by atoms with van der Waals surface area (Å²) in [6, 6.07) is 17.3. The lowest BCUT2D eigenvalue weighted by Crippen LogP contribution is -2.17. The Balaban J connectivity index is 1.50. The summed E-state index contributed by atoms with van der Waals surface area (Å²) in [4.78, 5) is 24.7. The molecule has 0 unspecified atom stereocenters. The summed E-state index contributed by atoms with van der Waals surface area (Å²) in [5.74, 6) is 1.80. The monoisotopic (exact) mass is 437 g/mol. The number of nitrogens with one attached hydrogen (secondary N) is 1. The van der Waals surface area contributed by atoms with E-state index in [0.717, 1.165) is 28.3 Å². The topological polar surface area (TPSA) is 71.8 Å². The highest BCUT2D eigenvalue weighted by Crippen LogP contribution is 2.27. The number of hydrogen-bond donors (Lipinski definition) is 1. The fraction of sp³-hybridized carbons (Fsp3) is 0.174. The Hall–Kier alpha value is -2.83. The predicted octanol–water partition coefficient (Wildman–Crippen LogP) is 5.58. The van der Waals surface area contributed by atoms with Crippen LogP contribution < -0.4 is 5.56 Å². The molecule has 0 radical (unpaired) electrons. The van der Waals surface area contributed by atoms with Crippen molar-refractivity contribution in [3.63, 3.8) is 0 Å². The number of aromatic amines is 1. The van der Waals surface area contributed by atoms with Gasteiger partial charge in [-0.25, -0.2) is 9.97 Å². The van der Waals surface area contributed by atoms with Gasteiger partial charge in [0.1, 0.15) is 5.76 Å². The van der Waals surface area contributed by atoms with Gasteiger partial charge in [-0.05, 0) is 37.6 Å². The number of hydrogen-bond acceptors (Lipinski definition) is 5. The van der Waals surface area contributed by atoms with Crippen molar-refractivity contribution in [2.75, 3.05) is 0 Å². The summed E-state index contributed by atoms with van der Waals surface area (Å²) in [5.41, 5.74) is 4.04. The van der Waals surface area contributed by atoms with Crippen molar-refractivity contribution in [2.24, 2.45) is 0 Å². The molecule has 0 bridgehead atoms. The van der Waals surface area contributed by atoms with Crippen LogP contribution in [0.3, 0.4) is 0 Å². The lowest BCUT2D eigenvalue weighted by molar-refractivity contribution is 0.540. The molecule has 0 aliphatic rings. The first-order valence-electron chi connectivity index (χ1n) is 9.48. The Bertz CT molecular complexity index is 1230. The average Bonchev–Trinajstić information content (AvgIpc) is 3.11. The normalized spacial score (nSPS) is 11.0. The second kappa shape index (κ2) is 8.90. The number of H-pyrrole nitrogens is 1. The zero-order valence-electron chi connectivity index (χ0n) is 16.6.